The molecule has 1 nitrogen and oxygen atoms in total. The maximum absolute atomic E-state index is 6.63. The molecule has 3 aliphatic carbocycles. The Kier molecular flexibility index (Phi) is 2.18. The van der Waals surface area contributed by atoms with Crippen molar-refractivity contribution in [2.45, 2.75) is 24.0 Å². The van der Waals surface area contributed by atoms with Crippen LogP contribution in [0.15, 0.2) is 72.8 Å². The SMILES string of the molecule is c1ccc2c(c1)C1c3ccccc3C2[C@H]2[C@H]1[C@@H]1O[C@@H]2c2ccccc21. The van der Waals surface area contributed by atoms with Crippen molar-refractivity contribution in [2.24, 2.45) is 11.8 Å². The van der Waals surface area contributed by atoms with Gasteiger partial charge in [-0.3, -0.25) is 0 Å². The zero-order valence-electron chi connectivity index (χ0n) is 13.8. The van der Waals surface area contributed by atoms with E-state index in [2.05, 4.69) is 72.8 Å². The lowest BCUT2D eigenvalue weighted by atomic mass is 9.50. The Morgan fingerprint density at radius 1 is 0.440 bits per heavy atom. The molecule has 2 heterocycles. The van der Waals surface area contributed by atoms with E-state index in [-0.39, 0.29) is 12.2 Å². The highest BCUT2D eigenvalue weighted by Crippen LogP contribution is 2.71. The topological polar surface area (TPSA) is 9.23 Å². The molecule has 8 rings (SSSR count). The van der Waals surface area contributed by atoms with E-state index in [1.807, 2.05) is 0 Å². The van der Waals surface area contributed by atoms with Gasteiger partial charge in [0.05, 0.1) is 12.2 Å². The summed E-state index contributed by atoms with van der Waals surface area (Å²) in [6, 6.07) is 27.2. The second-order valence-electron chi connectivity index (χ2n) is 7.97. The Balaban J connectivity index is 1.54. The molecule has 0 saturated carbocycles. The minimum Gasteiger partial charge on any atom is -0.365 e. The van der Waals surface area contributed by atoms with Crippen molar-refractivity contribution < 1.29 is 4.74 Å². The van der Waals surface area contributed by atoms with Gasteiger partial charge in [0, 0.05) is 23.7 Å². The molecule has 1 fully saturated rings. The van der Waals surface area contributed by atoms with Crippen molar-refractivity contribution in [3.63, 3.8) is 0 Å². The van der Waals surface area contributed by atoms with Gasteiger partial charge >= 0.3 is 0 Å². The van der Waals surface area contributed by atoms with Crippen LogP contribution in [0.25, 0.3) is 0 Å². The standard InChI is InChI=1S/C24H18O/c1-2-8-14-13(7-1)19-15-9-3-4-10-16(15)20(14)22-21(19)23-17-11-5-6-12-18(17)24(22)25-23/h1-12,19-24H/t19?,20?,21-,22-,23+,24+/m0/s1. The number of fused-ring (bicyclic) bond motifs is 5. The summed E-state index contributed by atoms with van der Waals surface area (Å²) in [5.74, 6) is 2.11. The molecule has 120 valence electrons. The predicted molar refractivity (Wildman–Crippen MR) is 96.6 cm³/mol. The highest BCUT2D eigenvalue weighted by Gasteiger charge is 2.62. The summed E-state index contributed by atoms with van der Waals surface area (Å²) in [6.07, 6.45) is 0.529. The van der Waals surface area contributed by atoms with E-state index in [1.165, 1.54) is 11.1 Å². The monoisotopic (exact) mass is 322 g/mol. The quantitative estimate of drug-likeness (QED) is 0.543. The fourth-order valence-electron chi connectivity index (χ4n) is 6.45. The fraction of sp³-hybridized carbons (Fsp3) is 0.250. The summed E-state index contributed by atoms with van der Waals surface area (Å²) in [7, 11) is 0. The van der Waals surface area contributed by atoms with Crippen LogP contribution in [0.4, 0.5) is 0 Å². The lowest BCUT2D eigenvalue weighted by molar-refractivity contribution is 0.0533. The molecular formula is C24H18O. The first-order valence-electron chi connectivity index (χ1n) is 9.35. The van der Waals surface area contributed by atoms with Crippen molar-refractivity contribution in [2.75, 3.05) is 0 Å². The Labute approximate surface area is 147 Å². The Morgan fingerprint density at radius 2 is 0.760 bits per heavy atom. The van der Waals surface area contributed by atoms with E-state index in [1.54, 1.807) is 22.3 Å². The minimum absolute atomic E-state index is 0.264. The summed E-state index contributed by atoms with van der Waals surface area (Å²) < 4.78 is 6.63. The summed E-state index contributed by atoms with van der Waals surface area (Å²) in [5, 5.41) is 0. The normalized spacial score (nSPS) is 35.0. The molecule has 0 amide bonds. The second-order valence-corrected chi connectivity index (χ2v) is 7.97. The van der Waals surface area contributed by atoms with Crippen LogP contribution < -0.4 is 0 Å². The minimum atomic E-state index is 0.264. The van der Waals surface area contributed by atoms with Gasteiger partial charge in [-0.1, -0.05) is 72.8 Å². The van der Waals surface area contributed by atoms with E-state index < -0.39 is 0 Å². The summed E-state index contributed by atoms with van der Waals surface area (Å²) in [5.41, 5.74) is 9.05. The van der Waals surface area contributed by atoms with Gasteiger partial charge in [-0.15, -0.1) is 0 Å². The highest BCUT2D eigenvalue weighted by atomic mass is 16.5. The van der Waals surface area contributed by atoms with Gasteiger partial charge in [0.15, 0.2) is 0 Å². The molecule has 1 heteroatoms. The van der Waals surface area contributed by atoms with E-state index in [9.17, 15) is 0 Å². The number of hydrogen-bond acceptors (Lipinski definition) is 1. The molecule has 1 saturated heterocycles. The van der Waals surface area contributed by atoms with Crippen molar-refractivity contribution in [1.29, 1.82) is 0 Å². The first-order chi connectivity index (χ1) is 12.4. The number of rotatable bonds is 0. The van der Waals surface area contributed by atoms with Crippen molar-refractivity contribution in [3.05, 3.63) is 106 Å². The molecule has 0 N–H and O–H groups in total. The van der Waals surface area contributed by atoms with Crippen LogP contribution in [0.1, 0.15) is 57.4 Å². The first-order valence-corrected chi connectivity index (χ1v) is 9.35. The zero-order chi connectivity index (χ0) is 16.1. The van der Waals surface area contributed by atoms with Gasteiger partial charge in [0.2, 0.25) is 0 Å². The van der Waals surface area contributed by atoms with Gasteiger partial charge in [0.1, 0.15) is 0 Å². The van der Waals surface area contributed by atoms with Crippen LogP contribution >= 0.6 is 0 Å². The molecular weight excluding hydrogens is 304 g/mol. The molecule has 0 aromatic heterocycles. The number of benzene rings is 3. The molecule has 3 aromatic carbocycles. The Bertz CT molecular complexity index is 907. The first kappa shape index (κ1) is 12.9. The van der Waals surface area contributed by atoms with E-state index >= 15 is 0 Å². The Hall–Kier alpha value is -2.38. The van der Waals surface area contributed by atoms with Crippen molar-refractivity contribution in [3.8, 4) is 0 Å². The van der Waals surface area contributed by atoms with Crippen LogP contribution in [0, 0.1) is 11.8 Å². The van der Waals surface area contributed by atoms with E-state index in [0.717, 1.165) is 0 Å². The van der Waals surface area contributed by atoms with Crippen LogP contribution in [-0.2, 0) is 4.74 Å². The van der Waals surface area contributed by atoms with Crippen LogP contribution in [-0.4, -0.2) is 0 Å². The molecule has 25 heavy (non-hydrogen) atoms. The second kappa shape index (κ2) is 4.23. The lowest BCUT2D eigenvalue weighted by Gasteiger charge is -2.51. The molecule has 2 aliphatic heterocycles. The zero-order valence-corrected chi connectivity index (χ0v) is 13.8. The third kappa shape index (κ3) is 1.35. The lowest BCUT2D eigenvalue weighted by Crippen LogP contribution is -2.42. The van der Waals surface area contributed by atoms with Gasteiger partial charge < -0.3 is 4.74 Å². The maximum atomic E-state index is 6.63. The van der Waals surface area contributed by atoms with E-state index in [0.29, 0.717) is 23.7 Å². The Morgan fingerprint density at radius 3 is 1.12 bits per heavy atom. The summed E-state index contributed by atoms with van der Waals surface area (Å²) in [6.45, 7) is 0. The smallest absolute Gasteiger partial charge is 0.0878 e. The molecule has 0 unspecified atom stereocenters. The average molecular weight is 322 g/mol. The van der Waals surface area contributed by atoms with Crippen molar-refractivity contribution >= 4 is 0 Å². The molecule has 5 aliphatic rings. The van der Waals surface area contributed by atoms with E-state index in [4.69, 9.17) is 4.74 Å². The fourth-order valence-corrected chi connectivity index (χ4v) is 6.45. The third-order valence-corrected chi connectivity index (χ3v) is 7.15. The van der Waals surface area contributed by atoms with Crippen LogP contribution in [0.2, 0.25) is 0 Å². The number of hydrogen-bond donors (Lipinski definition) is 0. The number of ether oxygens (including phenoxy) is 1. The summed E-state index contributed by atoms with van der Waals surface area (Å²) >= 11 is 0. The highest BCUT2D eigenvalue weighted by molar-refractivity contribution is 5.59. The van der Waals surface area contributed by atoms with Gasteiger partial charge in [-0.05, 0) is 33.4 Å². The predicted octanol–water partition coefficient (Wildman–Crippen LogP) is 5.34. The van der Waals surface area contributed by atoms with Crippen LogP contribution in [0.5, 0.6) is 0 Å². The average Bonchev–Trinajstić information content (AvgIpc) is 3.26. The summed E-state index contributed by atoms with van der Waals surface area (Å²) in [4.78, 5) is 0. The molecule has 4 atom stereocenters. The van der Waals surface area contributed by atoms with Crippen LogP contribution in [0.3, 0.4) is 0 Å². The van der Waals surface area contributed by atoms with Gasteiger partial charge in [-0.2, -0.15) is 0 Å². The molecule has 0 radical (unpaired) electrons. The molecule has 0 spiro atoms. The molecule has 3 aromatic rings. The third-order valence-electron chi connectivity index (χ3n) is 7.15. The largest absolute Gasteiger partial charge is 0.365 e. The van der Waals surface area contributed by atoms with Crippen molar-refractivity contribution in [1.82, 2.24) is 0 Å². The van der Waals surface area contributed by atoms with Gasteiger partial charge in [-0.25, -0.2) is 0 Å². The van der Waals surface area contributed by atoms with Gasteiger partial charge in [0.25, 0.3) is 0 Å². The molecule has 4 bridgehead atoms. The maximum Gasteiger partial charge on any atom is 0.0878 e.